The summed E-state index contributed by atoms with van der Waals surface area (Å²) in [6, 6.07) is 18.7. The van der Waals surface area contributed by atoms with Gasteiger partial charge in [-0.2, -0.15) is 0 Å². The maximum Gasteiger partial charge on any atom is 0.257 e. The van der Waals surface area contributed by atoms with Crippen molar-refractivity contribution in [1.29, 1.82) is 0 Å². The molecule has 1 aliphatic rings. The van der Waals surface area contributed by atoms with Crippen LogP contribution in [-0.4, -0.2) is 29.4 Å². The topological polar surface area (TPSA) is 85.4 Å². The van der Waals surface area contributed by atoms with Crippen LogP contribution >= 0.6 is 0 Å². The van der Waals surface area contributed by atoms with Gasteiger partial charge in [-0.3, -0.25) is 4.79 Å². The molecule has 1 aliphatic heterocycles. The average Bonchev–Trinajstić information content (AvgIpc) is 3.18. The van der Waals surface area contributed by atoms with Gasteiger partial charge in [0.1, 0.15) is 5.82 Å². The number of nitrogens with one attached hydrogen (secondary N) is 2. The van der Waals surface area contributed by atoms with Gasteiger partial charge in [-0.05, 0) is 42.3 Å². The van der Waals surface area contributed by atoms with Crippen molar-refractivity contribution in [3.05, 3.63) is 71.8 Å². The molecule has 7 nitrogen and oxygen atoms in total. The standard InChI is InChI=1S/C20H18N4O3/c25-20(15-6-7-16-17(12-15)27-13-26-16)22-19-9-8-18(23-24-19)21-11-10-14-4-2-1-3-5-14/h1-9,12H,10-11,13H2,(H,21,23)(H,22,24,25). The van der Waals surface area contributed by atoms with Gasteiger partial charge < -0.3 is 20.1 Å². The van der Waals surface area contributed by atoms with E-state index in [1.807, 2.05) is 18.2 Å². The summed E-state index contributed by atoms with van der Waals surface area (Å²) in [5, 5.41) is 14.1. The number of amides is 1. The van der Waals surface area contributed by atoms with Gasteiger partial charge >= 0.3 is 0 Å². The molecule has 27 heavy (non-hydrogen) atoms. The number of aromatic nitrogens is 2. The lowest BCUT2D eigenvalue weighted by atomic mass is 10.1. The first-order valence-corrected chi connectivity index (χ1v) is 8.60. The first-order valence-electron chi connectivity index (χ1n) is 8.60. The van der Waals surface area contributed by atoms with Crippen LogP contribution in [0.4, 0.5) is 11.6 Å². The summed E-state index contributed by atoms with van der Waals surface area (Å²) in [6.07, 6.45) is 0.894. The molecule has 0 atom stereocenters. The Morgan fingerprint density at radius 1 is 0.926 bits per heavy atom. The molecule has 0 aliphatic carbocycles. The largest absolute Gasteiger partial charge is 0.454 e. The monoisotopic (exact) mass is 362 g/mol. The van der Waals surface area contributed by atoms with Crippen molar-refractivity contribution in [3.8, 4) is 11.5 Å². The highest BCUT2D eigenvalue weighted by Crippen LogP contribution is 2.32. The number of hydrogen-bond donors (Lipinski definition) is 2. The van der Waals surface area contributed by atoms with E-state index in [-0.39, 0.29) is 12.7 Å². The zero-order chi connectivity index (χ0) is 18.5. The van der Waals surface area contributed by atoms with E-state index in [1.54, 1.807) is 30.3 Å². The molecule has 0 unspecified atom stereocenters. The van der Waals surface area contributed by atoms with Crippen LogP contribution in [0.5, 0.6) is 11.5 Å². The van der Waals surface area contributed by atoms with Gasteiger partial charge in [0, 0.05) is 12.1 Å². The molecule has 2 heterocycles. The maximum atomic E-state index is 12.3. The fraction of sp³-hybridized carbons (Fsp3) is 0.150. The summed E-state index contributed by atoms with van der Waals surface area (Å²) in [5.74, 6) is 1.95. The van der Waals surface area contributed by atoms with Crippen LogP contribution in [0.15, 0.2) is 60.7 Å². The number of carbonyl (C=O) groups excluding carboxylic acids is 1. The van der Waals surface area contributed by atoms with Crippen LogP contribution in [0.1, 0.15) is 15.9 Å². The van der Waals surface area contributed by atoms with Crippen molar-refractivity contribution in [2.75, 3.05) is 24.0 Å². The van der Waals surface area contributed by atoms with Crippen molar-refractivity contribution in [3.63, 3.8) is 0 Å². The Bertz CT molecular complexity index is 930. The smallest absolute Gasteiger partial charge is 0.257 e. The predicted octanol–water partition coefficient (Wildman–Crippen LogP) is 3.11. The highest BCUT2D eigenvalue weighted by molar-refractivity contribution is 6.04. The SMILES string of the molecule is O=C(Nc1ccc(NCCc2ccccc2)nn1)c1ccc2c(c1)OCO2. The molecule has 2 aromatic carbocycles. The third kappa shape index (κ3) is 4.14. The molecule has 0 spiro atoms. The van der Waals surface area contributed by atoms with Crippen molar-refractivity contribution in [2.45, 2.75) is 6.42 Å². The molecule has 0 bridgehead atoms. The number of benzene rings is 2. The van der Waals surface area contributed by atoms with Crippen LogP contribution in [0, 0.1) is 0 Å². The number of nitrogens with zero attached hydrogens (tertiary/aromatic N) is 2. The zero-order valence-corrected chi connectivity index (χ0v) is 14.5. The summed E-state index contributed by atoms with van der Waals surface area (Å²) >= 11 is 0. The number of ether oxygens (including phenoxy) is 2. The number of anilines is 2. The van der Waals surface area contributed by atoms with E-state index < -0.39 is 0 Å². The fourth-order valence-electron chi connectivity index (χ4n) is 2.70. The van der Waals surface area contributed by atoms with Crippen LogP contribution in [0.25, 0.3) is 0 Å². The number of carbonyl (C=O) groups is 1. The second kappa shape index (κ2) is 7.74. The molecule has 4 rings (SSSR count). The third-order valence-electron chi connectivity index (χ3n) is 4.10. The molecular weight excluding hydrogens is 344 g/mol. The molecule has 0 saturated carbocycles. The van der Waals surface area contributed by atoms with Gasteiger partial charge in [0.05, 0.1) is 0 Å². The average molecular weight is 362 g/mol. The van der Waals surface area contributed by atoms with Crippen LogP contribution in [0.2, 0.25) is 0 Å². The van der Waals surface area contributed by atoms with Crippen molar-refractivity contribution in [1.82, 2.24) is 10.2 Å². The summed E-state index contributed by atoms with van der Waals surface area (Å²) in [4.78, 5) is 12.3. The Balaban J connectivity index is 1.31. The van der Waals surface area contributed by atoms with E-state index >= 15 is 0 Å². The molecular formula is C20H18N4O3. The van der Waals surface area contributed by atoms with E-state index in [2.05, 4.69) is 33.0 Å². The molecule has 136 valence electrons. The second-order valence-corrected chi connectivity index (χ2v) is 5.99. The third-order valence-corrected chi connectivity index (χ3v) is 4.10. The Kier molecular flexibility index (Phi) is 4.82. The zero-order valence-electron chi connectivity index (χ0n) is 14.5. The maximum absolute atomic E-state index is 12.3. The van der Waals surface area contributed by atoms with Gasteiger partial charge in [-0.1, -0.05) is 30.3 Å². The predicted molar refractivity (Wildman–Crippen MR) is 101 cm³/mol. The first kappa shape index (κ1) is 16.8. The second-order valence-electron chi connectivity index (χ2n) is 5.99. The highest BCUT2D eigenvalue weighted by atomic mass is 16.7. The summed E-state index contributed by atoms with van der Waals surface area (Å²) in [7, 11) is 0. The Hall–Kier alpha value is -3.61. The molecule has 3 aromatic rings. The Morgan fingerprint density at radius 3 is 2.52 bits per heavy atom. The number of fused-ring (bicyclic) bond motifs is 1. The van der Waals surface area contributed by atoms with E-state index in [0.29, 0.717) is 28.7 Å². The van der Waals surface area contributed by atoms with Crippen LogP contribution in [-0.2, 0) is 6.42 Å². The first-order chi connectivity index (χ1) is 13.3. The molecule has 0 fully saturated rings. The Labute approximate surface area is 156 Å². The number of rotatable bonds is 6. The van der Waals surface area contributed by atoms with Gasteiger partial charge in [0.15, 0.2) is 17.3 Å². The Morgan fingerprint density at radius 2 is 1.70 bits per heavy atom. The normalized spacial score (nSPS) is 11.9. The van der Waals surface area contributed by atoms with Crippen LogP contribution in [0.3, 0.4) is 0 Å². The lowest BCUT2D eigenvalue weighted by Crippen LogP contribution is -2.14. The fourth-order valence-corrected chi connectivity index (χ4v) is 2.70. The minimum Gasteiger partial charge on any atom is -0.454 e. The lowest BCUT2D eigenvalue weighted by Gasteiger charge is -2.07. The van der Waals surface area contributed by atoms with Crippen LogP contribution < -0.4 is 20.1 Å². The molecule has 0 saturated heterocycles. The molecule has 0 radical (unpaired) electrons. The lowest BCUT2D eigenvalue weighted by molar-refractivity contribution is 0.102. The summed E-state index contributed by atoms with van der Waals surface area (Å²) in [6.45, 7) is 0.923. The van der Waals surface area contributed by atoms with Gasteiger partial charge in [-0.15, -0.1) is 10.2 Å². The molecule has 7 heteroatoms. The number of hydrogen-bond acceptors (Lipinski definition) is 6. The highest BCUT2D eigenvalue weighted by Gasteiger charge is 2.16. The van der Waals surface area contributed by atoms with Crippen molar-refractivity contribution in [2.24, 2.45) is 0 Å². The van der Waals surface area contributed by atoms with E-state index in [0.717, 1.165) is 13.0 Å². The molecule has 1 amide bonds. The quantitative estimate of drug-likeness (QED) is 0.701. The summed E-state index contributed by atoms with van der Waals surface area (Å²) < 4.78 is 10.5. The van der Waals surface area contributed by atoms with Crippen molar-refractivity contribution < 1.29 is 14.3 Å². The van der Waals surface area contributed by atoms with Gasteiger partial charge in [0.25, 0.3) is 5.91 Å². The van der Waals surface area contributed by atoms with E-state index in [4.69, 9.17) is 9.47 Å². The van der Waals surface area contributed by atoms with Gasteiger partial charge in [-0.25, -0.2) is 0 Å². The van der Waals surface area contributed by atoms with Gasteiger partial charge in [0.2, 0.25) is 6.79 Å². The molecule has 1 aromatic heterocycles. The minimum atomic E-state index is -0.285. The minimum absolute atomic E-state index is 0.171. The van der Waals surface area contributed by atoms with Crippen molar-refractivity contribution >= 4 is 17.5 Å². The van der Waals surface area contributed by atoms with E-state index in [9.17, 15) is 4.79 Å². The van der Waals surface area contributed by atoms with E-state index in [1.165, 1.54) is 5.56 Å². The summed E-state index contributed by atoms with van der Waals surface area (Å²) in [5.41, 5.74) is 1.72. The molecule has 2 N–H and O–H groups in total.